The lowest BCUT2D eigenvalue weighted by molar-refractivity contribution is -0.155. The molecule has 2 N–H and O–H groups in total. The average molecular weight is 192 g/mol. The maximum absolute atomic E-state index is 9.01. The quantitative estimate of drug-likeness (QED) is 0.307. The van der Waals surface area contributed by atoms with Gasteiger partial charge in [0.15, 0.2) is 6.29 Å². The van der Waals surface area contributed by atoms with Gasteiger partial charge >= 0.3 is 0 Å². The van der Waals surface area contributed by atoms with Gasteiger partial charge in [-0.25, -0.2) is 0 Å². The van der Waals surface area contributed by atoms with Gasteiger partial charge < -0.3 is 24.4 Å². The van der Waals surface area contributed by atoms with Crippen LogP contribution in [0.15, 0.2) is 0 Å². The van der Waals surface area contributed by atoms with Crippen LogP contribution in [0.3, 0.4) is 0 Å². The zero-order valence-electron chi connectivity index (χ0n) is 7.52. The van der Waals surface area contributed by atoms with E-state index in [1.165, 1.54) is 0 Å². The summed E-state index contributed by atoms with van der Waals surface area (Å²) in [4.78, 5) is 0. The van der Waals surface area contributed by atoms with Gasteiger partial charge in [0.05, 0.1) is 13.2 Å². The summed E-state index contributed by atoms with van der Waals surface area (Å²) in [5.41, 5.74) is 0. The number of rotatable bonds is 8. The monoisotopic (exact) mass is 192 g/mol. The molecule has 1 aliphatic heterocycles. The third-order valence-electron chi connectivity index (χ3n) is 1.71. The van der Waals surface area contributed by atoms with Gasteiger partial charge in [0.25, 0.3) is 0 Å². The van der Waals surface area contributed by atoms with Crippen molar-refractivity contribution >= 4 is 0 Å². The van der Waals surface area contributed by atoms with Crippen molar-refractivity contribution in [3.05, 3.63) is 0 Å². The predicted octanol–water partition coefficient (Wildman–Crippen LogP) is -0.533. The number of epoxide rings is 1. The van der Waals surface area contributed by atoms with Crippen LogP contribution in [0, 0.1) is 0 Å². The van der Waals surface area contributed by atoms with E-state index < -0.39 is 13.1 Å². The van der Waals surface area contributed by atoms with E-state index in [-0.39, 0.29) is 0 Å². The molecule has 2 unspecified atom stereocenters. The van der Waals surface area contributed by atoms with Crippen molar-refractivity contribution in [3.8, 4) is 0 Å². The van der Waals surface area contributed by atoms with Crippen molar-refractivity contribution < 1.29 is 24.4 Å². The van der Waals surface area contributed by atoms with E-state index in [9.17, 15) is 0 Å². The zero-order chi connectivity index (χ0) is 9.52. The Morgan fingerprint density at radius 3 is 2.92 bits per heavy atom. The third-order valence-corrected chi connectivity index (χ3v) is 1.71. The van der Waals surface area contributed by atoms with Crippen LogP contribution in [-0.2, 0) is 14.2 Å². The van der Waals surface area contributed by atoms with Gasteiger partial charge in [-0.15, -0.1) is 0 Å². The Kier molecular flexibility index (Phi) is 5.26. The molecule has 0 radical (unpaired) electrons. The summed E-state index contributed by atoms with van der Waals surface area (Å²) in [5.74, 6) is 0. The summed E-state index contributed by atoms with van der Waals surface area (Å²) in [5, 5.41) is 17.3. The molecule has 1 aliphatic rings. The summed E-state index contributed by atoms with van der Waals surface area (Å²) in [6.07, 6.45) is 0.601. The van der Waals surface area contributed by atoms with Gasteiger partial charge in [0, 0.05) is 13.0 Å². The Morgan fingerprint density at radius 1 is 1.54 bits per heavy atom. The fraction of sp³-hybridized carbons (Fsp3) is 1.00. The molecule has 1 rings (SSSR count). The molecular formula is C8H16O5. The molecule has 78 valence electrons. The first-order chi connectivity index (χ1) is 6.33. The first-order valence-corrected chi connectivity index (χ1v) is 4.43. The van der Waals surface area contributed by atoms with E-state index in [4.69, 9.17) is 19.7 Å². The van der Waals surface area contributed by atoms with Crippen molar-refractivity contribution in [2.75, 3.05) is 26.6 Å². The number of hydrogen-bond donors (Lipinski definition) is 2. The molecule has 0 saturated carbocycles. The van der Waals surface area contributed by atoms with Crippen molar-refractivity contribution in [1.82, 2.24) is 0 Å². The molecule has 5 nitrogen and oxygen atoms in total. The van der Waals surface area contributed by atoms with Crippen LogP contribution in [0.4, 0.5) is 0 Å². The number of ether oxygens (including phenoxy) is 3. The van der Waals surface area contributed by atoms with Crippen LogP contribution in [0.1, 0.15) is 12.8 Å². The first kappa shape index (κ1) is 10.9. The van der Waals surface area contributed by atoms with E-state index in [1.54, 1.807) is 0 Å². The maximum atomic E-state index is 9.01. The molecule has 0 aromatic heterocycles. The molecule has 0 aliphatic carbocycles. The fourth-order valence-corrected chi connectivity index (χ4v) is 0.908. The SMILES string of the molecule is OCOC(O)CCCOCC1CO1. The van der Waals surface area contributed by atoms with Crippen LogP contribution in [-0.4, -0.2) is 49.2 Å². The highest BCUT2D eigenvalue weighted by Crippen LogP contribution is 2.09. The molecule has 0 aromatic rings. The Hall–Kier alpha value is -0.200. The second-order valence-electron chi connectivity index (χ2n) is 2.92. The molecule has 2 atom stereocenters. The van der Waals surface area contributed by atoms with Crippen LogP contribution < -0.4 is 0 Å². The Bertz CT molecular complexity index is 126. The molecular weight excluding hydrogens is 176 g/mol. The van der Waals surface area contributed by atoms with Crippen molar-refractivity contribution in [2.24, 2.45) is 0 Å². The normalized spacial score (nSPS) is 23.1. The fourth-order valence-electron chi connectivity index (χ4n) is 0.908. The summed E-state index contributed by atoms with van der Waals surface area (Å²) in [6, 6.07) is 0. The predicted molar refractivity (Wildman–Crippen MR) is 44.0 cm³/mol. The van der Waals surface area contributed by atoms with Gasteiger partial charge in [-0.3, -0.25) is 0 Å². The molecule has 5 heteroatoms. The Labute approximate surface area is 77.2 Å². The number of hydrogen-bond acceptors (Lipinski definition) is 5. The lowest BCUT2D eigenvalue weighted by atomic mass is 10.3. The van der Waals surface area contributed by atoms with Crippen LogP contribution in [0.5, 0.6) is 0 Å². The van der Waals surface area contributed by atoms with E-state index >= 15 is 0 Å². The minimum Gasteiger partial charge on any atom is -0.379 e. The van der Waals surface area contributed by atoms with E-state index in [1.807, 2.05) is 0 Å². The van der Waals surface area contributed by atoms with Gasteiger partial charge in [-0.05, 0) is 6.42 Å². The number of aliphatic hydroxyl groups excluding tert-OH is 2. The zero-order valence-corrected chi connectivity index (χ0v) is 7.52. The summed E-state index contributed by atoms with van der Waals surface area (Å²) < 4.78 is 14.7. The highest BCUT2D eigenvalue weighted by Gasteiger charge is 2.21. The lowest BCUT2D eigenvalue weighted by Gasteiger charge is -2.09. The molecule has 13 heavy (non-hydrogen) atoms. The molecule has 0 amide bonds. The van der Waals surface area contributed by atoms with Gasteiger partial charge in [0.2, 0.25) is 0 Å². The molecule has 1 saturated heterocycles. The van der Waals surface area contributed by atoms with Crippen molar-refractivity contribution in [2.45, 2.75) is 25.2 Å². The largest absolute Gasteiger partial charge is 0.379 e. The molecule has 1 heterocycles. The smallest absolute Gasteiger partial charge is 0.157 e. The van der Waals surface area contributed by atoms with Crippen LogP contribution in [0.2, 0.25) is 0 Å². The highest BCUT2D eigenvalue weighted by molar-refractivity contribution is 4.66. The van der Waals surface area contributed by atoms with E-state index in [0.29, 0.717) is 32.2 Å². The topological polar surface area (TPSA) is 71.5 Å². The van der Waals surface area contributed by atoms with E-state index in [2.05, 4.69) is 4.74 Å². The molecule has 0 bridgehead atoms. The lowest BCUT2D eigenvalue weighted by Crippen LogP contribution is -2.13. The third kappa shape index (κ3) is 5.95. The van der Waals surface area contributed by atoms with Crippen LogP contribution in [0.25, 0.3) is 0 Å². The minimum atomic E-state index is -0.884. The van der Waals surface area contributed by atoms with Crippen LogP contribution >= 0.6 is 0 Å². The average Bonchev–Trinajstić information content (AvgIpc) is 2.88. The molecule has 1 fully saturated rings. The minimum absolute atomic E-state index is 0.290. The maximum Gasteiger partial charge on any atom is 0.157 e. The number of aliphatic hydroxyl groups is 2. The summed E-state index contributed by atoms with van der Waals surface area (Å²) >= 11 is 0. The second-order valence-corrected chi connectivity index (χ2v) is 2.92. The summed E-state index contributed by atoms with van der Waals surface area (Å²) in [7, 11) is 0. The van der Waals surface area contributed by atoms with E-state index in [0.717, 1.165) is 6.61 Å². The molecule has 0 aromatic carbocycles. The second kappa shape index (κ2) is 6.28. The first-order valence-electron chi connectivity index (χ1n) is 4.43. The summed E-state index contributed by atoms with van der Waals surface area (Å²) in [6.45, 7) is 1.58. The van der Waals surface area contributed by atoms with Gasteiger partial charge in [-0.1, -0.05) is 0 Å². The van der Waals surface area contributed by atoms with Gasteiger partial charge in [-0.2, -0.15) is 0 Å². The van der Waals surface area contributed by atoms with Crippen molar-refractivity contribution in [3.63, 3.8) is 0 Å². The Morgan fingerprint density at radius 2 is 2.31 bits per heavy atom. The highest BCUT2D eigenvalue weighted by atomic mass is 16.7. The Balaban J connectivity index is 1.76. The standard InChI is InChI=1S/C8H16O5/c9-6-13-8(10)2-1-3-11-4-7-5-12-7/h7-10H,1-6H2. The van der Waals surface area contributed by atoms with Gasteiger partial charge in [0.1, 0.15) is 12.9 Å². The molecule has 0 spiro atoms. The van der Waals surface area contributed by atoms with Crippen molar-refractivity contribution in [1.29, 1.82) is 0 Å².